The number of amides is 1. The molecule has 134 valence electrons. The predicted octanol–water partition coefficient (Wildman–Crippen LogP) is 3.46. The van der Waals surface area contributed by atoms with Gasteiger partial charge in [-0.2, -0.15) is 0 Å². The van der Waals surface area contributed by atoms with Gasteiger partial charge in [0, 0.05) is 31.1 Å². The molecule has 0 unspecified atom stereocenters. The van der Waals surface area contributed by atoms with E-state index in [9.17, 15) is 4.79 Å². The Morgan fingerprint density at radius 1 is 1.28 bits per heavy atom. The SMILES string of the molecule is CCc1cc(C(=O)N(Cc2cccc(C)c2)[C@H]2CC[C@@H](N)CC2)no1. The zero-order valence-corrected chi connectivity index (χ0v) is 15.1. The molecule has 1 amide bonds. The van der Waals surface area contributed by atoms with Crippen molar-refractivity contribution in [3.63, 3.8) is 0 Å². The van der Waals surface area contributed by atoms with Gasteiger partial charge in [-0.05, 0) is 38.2 Å². The molecule has 1 aliphatic rings. The minimum atomic E-state index is -0.0505. The molecule has 1 aromatic carbocycles. The van der Waals surface area contributed by atoms with Crippen molar-refractivity contribution in [1.29, 1.82) is 0 Å². The zero-order valence-electron chi connectivity index (χ0n) is 15.1. The van der Waals surface area contributed by atoms with Gasteiger partial charge < -0.3 is 15.2 Å². The number of aryl methyl sites for hydroxylation is 2. The number of aromatic nitrogens is 1. The van der Waals surface area contributed by atoms with E-state index in [1.165, 1.54) is 5.56 Å². The molecule has 2 aromatic rings. The number of nitrogens with two attached hydrogens (primary N) is 1. The average molecular weight is 341 g/mol. The van der Waals surface area contributed by atoms with E-state index < -0.39 is 0 Å². The number of carbonyl (C=O) groups excluding carboxylic acids is 1. The second-order valence-electron chi connectivity index (χ2n) is 7.02. The third-order valence-electron chi connectivity index (χ3n) is 5.00. The number of benzene rings is 1. The smallest absolute Gasteiger partial charge is 0.276 e. The standard InChI is InChI=1S/C20H27N3O2/c1-3-18-12-19(22-25-18)20(24)23(17-9-7-16(21)8-10-17)13-15-6-4-5-14(2)11-15/h4-6,11-12,16-17H,3,7-10,13,21H2,1-2H3/t16-,17+. The lowest BCUT2D eigenvalue weighted by Gasteiger charge is -2.36. The molecule has 3 rings (SSSR count). The number of rotatable bonds is 5. The topological polar surface area (TPSA) is 72.4 Å². The van der Waals surface area contributed by atoms with Gasteiger partial charge in [-0.1, -0.05) is 41.9 Å². The predicted molar refractivity (Wildman–Crippen MR) is 97.2 cm³/mol. The largest absolute Gasteiger partial charge is 0.361 e. The van der Waals surface area contributed by atoms with E-state index in [1.54, 1.807) is 6.07 Å². The average Bonchev–Trinajstić information content (AvgIpc) is 3.09. The molecule has 0 aliphatic heterocycles. The maximum atomic E-state index is 13.1. The maximum Gasteiger partial charge on any atom is 0.276 e. The van der Waals surface area contributed by atoms with Crippen LogP contribution in [0.1, 0.15) is 60.0 Å². The van der Waals surface area contributed by atoms with Crippen molar-refractivity contribution in [2.24, 2.45) is 5.73 Å². The van der Waals surface area contributed by atoms with E-state index in [0.717, 1.165) is 43.4 Å². The van der Waals surface area contributed by atoms with E-state index in [1.807, 2.05) is 17.9 Å². The van der Waals surface area contributed by atoms with Crippen LogP contribution in [0.25, 0.3) is 0 Å². The lowest BCUT2D eigenvalue weighted by molar-refractivity contribution is 0.0595. The monoisotopic (exact) mass is 341 g/mol. The minimum Gasteiger partial charge on any atom is -0.361 e. The van der Waals surface area contributed by atoms with E-state index >= 15 is 0 Å². The number of hydrogen-bond donors (Lipinski definition) is 1. The summed E-state index contributed by atoms with van der Waals surface area (Å²) in [4.78, 5) is 15.1. The summed E-state index contributed by atoms with van der Waals surface area (Å²) >= 11 is 0. The van der Waals surface area contributed by atoms with E-state index in [0.29, 0.717) is 12.2 Å². The molecule has 1 heterocycles. The van der Waals surface area contributed by atoms with Crippen molar-refractivity contribution in [1.82, 2.24) is 10.1 Å². The van der Waals surface area contributed by atoms with E-state index in [4.69, 9.17) is 10.3 Å². The fourth-order valence-electron chi connectivity index (χ4n) is 3.51. The number of carbonyl (C=O) groups is 1. The molecule has 0 atom stereocenters. The lowest BCUT2D eigenvalue weighted by atomic mass is 9.90. The molecule has 1 fully saturated rings. The summed E-state index contributed by atoms with van der Waals surface area (Å²) in [5.74, 6) is 0.690. The molecule has 25 heavy (non-hydrogen) atoms. The van der Waals surface area contributed by atoms with Crippen molar-refractivity contribution in [2.75, 3.05) is 0 Å². The third-order valence-corrected chi connectivity index (χ3v) is 5.00. The van der Waals surface area contributed by atoms with Crippen molar-refractivity contribution in [2.45, 2.75) is 64.6 Å². The van der Waals surface area contributed by atoms with Gasteiger partial charge in [0.15, 0.2) is 5.69 Å². The highest BCUT2D eigenvalue weighted by molar-refractivity contribution is 5.92. The van der Waals surface area contributed by atoms with Crippen LogP contribution in [0.5, 0.6) is 0 Å². The highest BCUT2D eigenvalue weighted by Gasteiger charge is 2.30. The third kappa shape index (κ3) is 4.28. The van der Waals surface area contributed by atoms with Gasteiger partial charge in [-0.15, -0.1) is 0 Å². The first-order valence-electron chi connectivity index (χ1n) is 9.14. The summed E-state index contributed by atoms with van der Waals surface area (Å²) < 4.78 is 5.24. The summed E-state index contributed by atoms with van der Waals surface area (Å²) in [5, 5.41) is 3.99. The van der Waals surface area contributed by atoms with Gasteiger partial charge in [-0.3, -0.25) is 4.79 Å². The summed E-state index contributed by atoms with van der Waals surface area (Å²) in [6, 6.07) is 10.5. The Morgan fingerprint density at radius 3 is 2.68 bits per heavy atom. The van der Waals surface area contributed by atoms with Crippen LogP contribution in [-0.2, 0) is 13.0 Å². The normalized spacial score (nSPS) is 20.4. The van der Waals surface area contributed by atoms with Gasteiger partial charge in [0.25, 0.3) is 5.91 Å². The maximum absolute atomic E-state index is 13.1. The van der Waals surface area contributed by atoms with Crippen LogP contribution in [0.3, 0.4) is 0 Å². The molecule has 0 spiro atoms. The van der Waals surface area contributed by atoms with Crippen LogP contribution >= 0.6 is 0 Å². The summed E-state index contributed by atoms with van der Waals surface area (Å²) in [7, 11) is 0. The van der Waals surface area contributed by atoms with Crippen LogP contribution in [-0.4, -0.2) is 28.0 Å². The molecule has 5 nitrogen and oxygen atoms in total. The molecule has 0 saturated heterocycles. The molecule has 1 aromatic heterocycles. The molecule has 0 bridgehead atoms. The molecular formula is C20H27N3O2. The fraction of sp³-hybridized carbons (Fsp3) is 0.500. The first-order valence-corrected chi connectivity index (χ1v) is 9.14. The quantitative estimate of drug-likeness (QED) is 0.904. The Hall–Kier alpha value is -2.14. The summed E-state index contributed by atoms with van der Waals surface area (Å²) in [6.45, 7) is 4.65. The van der Waals surface area contributed by atoms with Crippen LogP contribution in [0.15, 0.2) is 34.9 Å². The van der Waals surface area contributed by atoms with Crippen LogP contribution in [0, 0.1) is 6.92 Å². The number of hydrogen-bond acceptors (Lipinski definition) is 4. The summed E-state index contributed by atoms with van der Waals surface area (Å²) in [5.41, 5.74) is 8.79. The second kappa shape index (κ2) is 7.83. The van der Waals surface area contributed by atoms with Crippen molar-refractivity contribution >= 4 is 5.91 Å². The Labute approximate surface area is 149 Å². The second-order valence-corrected chi connectivity index (χ2v) is 7.02. The van der Waals surface area contributed by atoms with Gasteiger partial charge in [0.05, 0.1) is 0 Å². The molecular weight excluding hydrogens is 314 g/mol. The van der Waals surface area contributed by atoms with Crippen LogP contribution in [0.4, 0.5) is 0 Å². The Balaban J connectivity index is 1.83. The molecule has 5 heteroatoms. The lowest BCUT2D eigenvalue weighted by Crippen LogP contribution is -2.44. The van der Waals surface area contributed by atoms with Crippen molar-refractivity contribution < 1.29 is 9.32 Å². The highest BCUT2D eigenvalue weighted by Crippen LogP contribution is 2.25. The van der Waals surface area contributed by atoms with Crippen molar-refractivity contribution in [3.8, 4) is 0 Å². The Bertz CT molecular complexity index is 717. The van der Waals surface area contributed by atoms with E-state index in [-0.39, 0.29) is 18.0 Å². The fourth-order valence-corrected chi connectivity index (χ4v) is 3.51. The van der Waals surface area contributed by atoms with Crippen LogP contribution in [0.2, 0.25) is 0 Å². The van der Waals surface area contributed by atoms with E-state index in [2.05, 4.69) is 30.3 Å². The first kappa shape index (κ1) is 17.7. The van der Waals surface area contributed by atoms with Crippen molar-refractivity contribution in [3.05, 3.63) is 52.9 Å². The summed E-state index contributed by atoms with van der Waals surface area (Å²) in [6.07, 6.45) is 4.54. The highest BCUT2D eigenvalue weighted by atomic mass is 16.5. The molecule has 1 saturated carbocycles. The molecule has 0 radical (unpaired) electrons. The number of nitrogens with zero attached hydrogens (tertiary/aromatic N) is 2. The van der Waals surface area contributed by atoms with Gasteiger partial charge >= 0.3 is 0 Å². The molecule has 2 N–H and O–H groups in total. The minimum absolute atomic E-state index is 0.0505. The Kier molecular flexibility index (Phi) is 5.53. The van der Waals surface area contributed by atoms with Gasteiger partial charge in [0.1, 0.15) is 5.76 Å². The van der Waals surface area contributed by atoms with Gasteiger partial charge in [-0.25, -0.2) is 0 Å². The van der Waals surface area contributed by atoms with Crippen LogP contribution < -0.4 is 5.73 Å². The Morgan fingerprint density at radius 2 is 2.04 bits per heavy atom. The molecule has 1 aliphatic carbocycles. The first-order chi connectivity index (χ1) is 12.1. The zero-order chi connectivity index (χ0) is 17.8. The van der Waals surface area contributed by atoms with Gasteiger partial charge in [0.2, 0.25) is 0 Å².